The van der Waals surface area contributed by atoms with Crippen LogP contribution in [0.4, 0.5) is 0 Å². The molecule has 1 fully saturated rings. The fourth-order valence-electron chi connectivity index (χ4n) is 2.56. The van der Waals surface area contributed by atoms with Crippen LogP contribution in [0.1, 0.15) is 32.6 Å². The molecule has 98 valence electrons. The van der Waals surface area contributed by atoms with Crippen LogP contribution in [0.25, 0.3) is 0 Å². The van der Waals surface area contributed by atoms with Gasteiger partial charge in [0.2, 0.25) is 0 Å². The Hall–Kier alpha value is -1.02. The van der Waals surface area contributed by atoms with Gasteiger partial charge >= 0.3 is 0 Å². The smallest absolute Gasteiger partial charge is 0.173 e. The average molecular weight is 267 g/mol. The van der Waals surface area contributed by atoms with Gasteiger partial charge in [-0.2, -0.15) is 0 Å². The Morgan fingerprint density at radius 3 is 3.00 bits per heavy atom. The van der Waals surface area contributed by atoms with Crippen molar-refractivity contribution in [2.75, 3.05) is 6.61 Å². The van der Waals surface area contributed by atoms with Gasteiger partial charge in [-0.15, -0.1) is 0 Å². The number of carbonyl (C=O) groups excluding carboxylic acids is 1. The molecule has 1 aromatic rings. The van der Waals surface area contributed by atoms with E-state index in [0.29, 0.717) is 16.7 Å². The normalized spacial score (nSPS) is 23.7. The number of rotatable bonds is 4. The summed E-state index contributed by atoms with van der Waals surface area (Å²) in [6, 6.07) is 7.17. The third kappa shape index (κ3) is 3.74. The zero-order valence-corrected chi connectivity index (χ0v) is 11.5. The van der Waals surface area contributed by atoms with Gasteiger partial charge in [-0.3, -0.25) is 4.79 Å². The summed E-state index contributed by atoms with van der Waals surface area (Å²) >= 11 is 5.86. The molecule has 3 heteroatoms. The molecule has 0 radical (unpaired) electrons. The third-order valence-electron chi connectivity index (χ3n) is 3.57. The monoisotopic (exact) mass is 266 g/mol. The summed E-state index contributed by atoms with van der Waals surface area (Å²) in [5, 5.41) is 0.631. The van der Waals surface area contributed by atoms with E-state index in [4.69, 9.17) is 16.3 Å². The summed E-state index contributed by atoms with van der Waals surface area (Å²) in [7, 11) is 0. The van der Waals surface area contributed by atoms with Gasteiger partial charge in [0.15, 0.2) is 5.78 Å². The van der Waals surface area contributed by atoms with E-state index in [-0.39, 0.29) is 18.3 Å². The third-order valence-corrected chi connectivity index (χ3v) is 3.80. The van der Waals surface area contributed by atoms with Crippen LogP contribution in [0, 0.1) is 11.8 Å². The van der Waals surface area contributed by atoms with Gasteiger partial charge in [0.1, 0.15) is 12.4 Å². The highest BCUT2D eigenvalue weighted by molar-refractivity contribution is 6.30. The van der Waals surface area contributed by atoms with Crippen LogP contribution in [-0.2, 0) is 4.79 Å². The molecule has 0 N–H and O–H groups in total. The summed E-state index contributed by atoms with van der Waals surface area (Å²) in [4.78, 5) is 12.0. The first-order chi connectivity index (χ1) is 8.65. The van der Waals surface area contributed by atoms with Crippen molar-refractivity contribution in [3.8, 4) is 5.75 Å². The molecule has 2 rings (SSSR count). The molecular weight excluding hydrogens is 248 g/mol. The first-order valence-electron chi connectivity index (χ1n) is 6.56. The van der Waals surface area contributed by atoms with Crippen LogP contribution in [-0.4, -0.2) is 12.4 Å². The fourth-order valence-corrected chi connectivity index (χ4v) is 2.74. The van der Waals surface area contributed by atoms with Gasteiger partial charge in [0, 0.05) is 10.9 Å². The standard InChI is InChI=1S/C15H19ClO2/c1-11-4-2-5-12(8-11)15(17)10-18-14-7-3-6-13(16)9-14/h3,6-7,9,11-12H,2,4-5,8,10H2,1H3. The first kappa shape index (κ1) is 13.4. The van der Waals surface area contributed by atoms with Crippen LogP contribution in [0.15, 0.2) is 24.3 Å². The molecule has 0 amide bonds. The quantitative estimate of drug-likeness (QED) is 0.820. The summed E-state index contributed by atoms with van der Waals surface area (Å²) in [5.41, 5.74) is 0. The average Bonchev–Trinajstić information content (AvgIpc) is 2.36. The molecule has 0 spiro atoms. The van der Waals surface area contributed by atoms with Gasteiger partial charge in [-0.1, -0.05) is 37.4 Å². The Kier molecular flexibility index (Phi) is 4.65. The minimum atomic E-state index is 0.164. The van der Waals surface area contributed by atoms with E-state index in [1.807, 2.05) is 12.1 Å². The molecule has 0 heterocycles. The van der Waals surface area contributed by atoms with Crippen molar-refractivity contribution in [1.29, 1.82) is 0 Å². The van der Waals surface area contributed by atoms with E-state index in [1.54, 1.807) is 12.1 Å². The molecular formula is C15H19ClO2. The Morgan fingerprint density at radius 2 is 2.28 bits per heavy atom. The predicted octanol–water partition coefficient (Wildman–Crippen LogP) is 4.11. The Labute approximate surface area is 113 Å². The number of Topliss-reactive ketones (excluding diaryl/α,β-unsaturated/α-hetero) is 1. The number of hydrogen-bond acceptors (Lipinski definition) is 2. The molecule has 1 aliphatic rings. The molecule has 0 aliphatic heterocycles. The van der Waals surface area contributed by atoms with Crippen LogP contribution in [0.5, 0.6) is 5.75 Å². The summed E-state index contributed by atoms with van der Waals surface area (Å²) in [6.07, 6.45) is 4.44. The van der Waals surface area contributed by atoms with Crippen LogP contribution in [0.3, 0.4) is 0 Å². The molecule has 1 saturated carbocycles. The molecule has 2 nitrogen and oxygen atoms in total. The molecule has 2 unspecified atom stereocenters. The van der Waals surface area contributed by atoms with Crippen LogP contribution >= 0.6 is 11.6 Å². The number of ketones is 1. The number of hydrogen-bond donors (Lipinski definition) is 0. The van der Waals surface area contributed by atoms with E-state index in [2.05, 4.69) is 6.92 Å². The van der Waals surface area contributed by atoms with Gasteiger partial charge in [0.05, 0.1) is 0 Å². The van der Waals surface area contributed by atoms with Gasteiger partial charge in [0.25, 0.3) is 0 Å². The molecule has 0 saturated heterocycles. The molecule has 1 aromatic carbocycles. The largest absolute Gasteiger partial charge is 0.486 e. The zero-order chi connectivity index (χ0) is 13.0. The van der Waals surface area contributed by atoms with Crippen molar-refractivity contribution >= 4 is 17.4 Å². The first-order valence-corrected chi connectivity index (χ1v) is 6.94. The van der Waals surface area contributed by atoms with Crippen molar-refractivity contribution < 1.29 is 9.53 Å². The number of halogens is 1. The summed E-state index contributed by atoms with van der Waals surface area (Å²) < 4.78 is 5.50. The maximum absolute atomic E-state index is 12.0. The van der Waals surface area contributed by atoms with Crippen molar-refractivity contribution in [2.24, 2.45) is 11.8 Å². The minimum Gasteiger partial charge on any atom is -0.486 e. The zero-order valence-electron chi connectivity index (χ0n) is 10.7. The Morgan fingerprint density at radius 1 is 1.44 bits per heavy atom. The van der Waals surface area contributed by atoms with E-state index < -0.39 is 0 Å². The van der Waals surface area contributed by atoms with E-state index >= 15 is 0 Å². The Bertz CT molecular complexity index is 417. The maximum Gasteiger partial charge on any atom is 0.173 e. The van der Waals surface area contributed by atoms with Crippen LogP contribution in [0.2, 0.25) is 5.02 Å². The van der Waals surface area contributed by atoms with Crippen LogP contribution < -0.4 is 4.74 Å². The second-order valence-corrected chi connectivity index (χ2v) is 5.62. The van der Waals surface area contributed by atoms with Gasteiger partial charge < -0.3 is 4.74 Å². The number of ether oxygens (including phenoxy) is 1. The van der Waals surface area contributed by atoms with E-state index in [9.17, 15) is 4.79 Å². The highest BCUT2D eigenvalue weighted by atomic mass is 35.5. The topological polar surface area (TPSA) is 26.3 Å². The molecule has 18 heavy (non-hydrogen) atoms. The highest BCUT2D eigenvalue weighted by Gasteiger charge is 2.25. The lowest BCUT2D eigenvalue weighted by molar-refractivity contribution is -0.126. The second-order valence-electron chi connectivity index (χ2n) is 5.18. The fraction of sp³-hybridized carbons (Fsp3) is 0.533. The SMILES string of the molecule is CC1CCCC(C(=O)COc2cccc(Cl)c2)C1. The van der Waals surface area contributed by atoms with Crippen molar-refractivity contribution in [3.63, 3.8) is 0 Å². The van der Waals surface area contributed by atoms with Crippen molar-refractivity contribution in [1.82, 2.24) is 0 Å². The number of benzene rings is 1. The predicted molar refractivity (Wildman–Crippen MR) is 73.1 cm³/mol. The highest BCUT2D eigenvalue weighted by Crippen LogP contribution is 2.29. The molecule has 2 atom stereocenters. The Balaban J connectivity index is 1.84. The molecule has 0 bridgehead atoms. The number of carbonyl (C=O) groups is 1. The van der Waals surface area contributed by atoms with Gasteiger partial charge in [-0.05, 0) is 37.0 Å². The lowest BCUT2D eigenvalue weighted by Gasteiger charge is -2.25. The van der Waals surface area contributed by atoms with Crippen molar-refractivity contribution in [3.05, 3.63) is 29.3 Å². The molecule has 1 aliphatic carbocycles. The lowest BCUT2D eigenvalue weighted by Crippen LogP contribution is -2.26. The minimum absolute atomic E-state index is 0.164. The summed E-state index contributed by atoms with van der Waals surface area (Å²) in [6.45, 7) is 2.38. The maximum atomic E-state index is 12.0. The van der Waals surface area contributed by atoms with Crippen molar-refractivity contribution in [2.45, 2.75) is 32.6 Å². The van der Waals surface area contributed by atoms with E-state index in [1.165, 1.54) is 6.42 Å². The van der Waals surface area contributed by atoms with Gasteiger partial charge in [-0.25, -0.2) is 0 Å². The lowest BCUT2D eigenvalue weighted by atomic mass is 9.80. The second kappa shape index (κ2) is 6.24. The molecule has 0 aromatic heterocycles. The van der Waals surface area contributed by atoms with E-state index in [0.717, 1.165) is 19.3 Å². The summed E-state index contributed by atoms with van der Waals surface area (Å²) in [5.74, 6) is 1.74.